The Labute approximate surface area is 174 Å². The first-order valence-corrected chi connectivity index (χ1v) is 9.70. The smallest absolute Gasteiger partial charge is 0.335 e. The number of benzene rings is 1. The molecule has 0 unspecified atom stereocenters. The first kappa shape index (κ1) is 25.9. The van der Waals surface area contributed by atoms with Crippen LogP contribution in [0.5, 0.6) is 0 Å². The van der Waals surface area contributed by atoms with Gasteiger partial charge in [-0.3, -0.25) is 4.90 Å². The van der Waals surface area contributed by atoms with Gasteiger partial charge in [-0.15, -0.1) is 0 Å². The highest BCUT2D eigenvalue weighted by atomic mass is 19.1. The number of carboxylic acids is 2. The largest absolute Gasteiger partial charge is 0.479 e. The number of nitrogens with one attached hydrogen (secondary N) is 1. The van der Waals surface area contributed by atoms with Crippen LogP contribution in [0.2, 0.25) is 0 Å². The summed E-state index contributed by atoms with van der Waals surface area (Å²) in [6, 6.07) is 3.87. The van der Waals surface area contributed by atoms with Crippen LogP contribution in [0.25, 0.3) is 0 Å². The molecule has 5 N–H and O–H groups in total. The summed E-state index contributed by atoms with van der Waals surface area (Å²) in [6.07, 6.45) is -3.35. The monoisotopic (exact) mass is 432 g/mol. The zero-order valence-electron chi connectivity index (χ0n) is 17.1. The third kappa shape index (κ3) is 9.12. The molecule has 0 amide bonds. The van der Waals surface area contributed by atoms with Crippen LogP contribution in [0.1, 0.15) is 25.8 Å². The van der Waals surface area contributed by atoms with E-state index in [9.17, 15) is 18.4 Å². The maximum Gasteiger partial charge on any atom is 0.335 e. The van der Waals surface area contributed by atoms with Gasteiger partial charge in [0.15, 0.2) is 12.2 Å². The Bertz CT molecular complexity index is 680. The number of halogens is 2. The Balaban J connectivity index is 0.000000382. The van der Waals surface area contributed by atoms with Crippen molar-refractivity contribution in [2.75, 3.05) is 26.2 Å². The van der Waals surface area contributed by atoms with Crippen molar-refractivity contribution in [2.45, 2.75) is 39.0 Å². The van der Waals surface area contributed by atoms with E-state index in [2.05, 4.69) is 24.1 Å². The van der Waals surface area contributed by atoms with Gasteiger partial charge in [-0.1, -0.05) is 19.9 Å². The molecule has 170 valence electrons. The highest BCUT2D eigenvalue weighted by Gasteiger charge is 2.29. The molecule has 1 heterocycles. The van der Waals surface area contributed by atoms with Gasteiger partial charge >= 0.3 is 11.9 Å². The fourth-order valence-corrected chi connectivity index (χ4v) is 3.12. The predicted molar refractivity (Wildman–Crippen MR) is 105 cm³/mol. The lowest BCUT2D eigenvalue weighted by molar-refractivity contribution is -0.165. The van der Waals surface area contributed by atoms with E-state index in [0.717, 1.165) is 32.2 Å². The van der Waals surface area contributed by atoms with Crippen molar-refractivity contribution in [3.63, 3.8) is 0 Å². The Hall–Kier alpha value is -2.14. The first-order valence-electron chi connectivity index (χ1n) is 9.70. The second-order valence-corrected chi connectivity index (χ2v) is 7.75. The third-order valence-corrected chi connectivity index (χ3v) is 4.52. The minimum atomic E-state index is -2.27. The molecule has 1 aliphatic rings. The molecule has 8 nitrogen and oxygen atoms in total. The molecule has 30 heavy (non-hydrogen) atoms. The van der Waals surface area contributed by atoms with E-state index >= 15 is 0 Å². The van der Waals surface area contributed by atoms with Crippen LogP contribution < -0.4 is 5.32 Å². The van der Waals surface area contributed by atoms with Crippen LogP contribution in [0.3, 0.4) is 0 Å². The van der Waals surface area contributed by atoms with E-state index < -0.39 is 35.8 Å². The lowest BCUT2D eigenvalue weighted by atomic mass is 10.1. The SMILES string of the molecule is CC(C)CN(Cc1ccc(F)cc1F)C[C@H]1CCNC1.O=C(O)[C@H](O)[C@@H](O)C(=O)O. The Morgan fingerprint density at radius 3 is 2.20 bits per heavy atom. The van der Waals surface area contributed by atoms with Crippen LogP contribution in [-0.2, 0) is 16.1 Å². The summed E-state index contributed by atoms with van der Waals surface area (Å²) < 4.78 is 26.7. The van der Waals surface area contributed by atoms with E-state index in [-0.39, 0.29) is 0 Å². The molecule has 1 aromatic carbocycles. The second kappa shape index (κ2) is 12.5. The zero-order valence-corrected chi connectivity index (χ0v) is 17.1. The van der Waals surface area contributed by atoms with E-state index in [1.54, 1.807) is 6.07 Å². The number of carboxylic acid groups (broad SMARTS) is 2. The predicted octanol–water partition coefficient (Wildman–Crippen LogP) is 0.910. The minimum Gasteiger partial charge on any atom is -0.479 e. The summed E-state index contributed by atoms with van der Waals surface area (Å²) in [4.78, 5) is 21.8. The molecule has 10 heteroatoms. The number of nitrogens with zero attached hydrogens (tertiary/aromatic N) is 1. The van der Waals surface area contributed by atoms with E-state index in [4.69, 9.17) is 20.4 Å². The average Bonchev–Trinajstić information content (AvgIpc) is 3.15. The second-order valence-electron chi connectivity index (χ2n) is 7.75. The summed E-state index contributed by atoms with van der Waals surface area (Å²) in [7, 11) is 0. The van der Waals surface area contributed by atoms with E-state index in [0.29, 0.717) is 23.9 Å². The Morgan fingerprint density at radius 2 is 1.77 bits per heavy atom. The number of hydrogen-bond donors (Lipinski definition) is 5. The van der Waals surface area contributed by atoms with Crippen LogP contribution >= 0.6 is 0 Å². The van der Waals surface area contributed by atoms with Crippen molar-refractivity contribution >= 4 is 11.9 Å². The van der Waals surface area contributed by atoms with E-state index in [1.807, 2.05) is 0 Å². The number of hydrogen-bond acceptors (Lipinski definition) is 6. The number of carbonyl (C=O) groups is 2. The molecule has 1 aliphatic heterocycles. The topological polar surface area (TPSA) is 130 Å². The summed E-state index contributed by atoms with van der Waals surface area (Å²) in [5.41, 5.74) is 0.581. The molecule has 3 atom stereocenters. The third-order valence-electron chi connectivity index (χ3n) is 4.52. The van der Waals surface area contributed by atoms with Crippen molar-refractivity contribution in [1.29, 1.82) is 0 Å². The van der Waals surface area contributed by atoms with Gasteiger partial charge in [0, 0.05) is 31.3 Å². The Kier molecular flexibility index (Phi) is 10.8. The molecule has 0 bridgehead atoms. The normalized spacial score (nSPS) is 18.1. The number of aliphatic carboxylic acids is 2. The average molecular weight is 432 g/mol. The van der Waals surface area contributed by atoms with Gasteiger partial charge < -0.3 is 25.7 Å². The first-order chi connectivity index (χ1) is 14.0. The van der Waals surface area contributed by atoms with Gasteiger partial charge in [0.1, 0.15) is 11.6 Å². The molecule has 1 fully saturated rings. The van der Waals surface area contributed by atoms with Crippen molar-refractivity contribution < 1.29 is 38.8 Å². The molecule has 0 radical (unpaired) electrons. The molecule has 0 aliphatic carbocycles. The molecule has 0 spiro atoms. The summed E-state index contributed by atoms with van der Waals surface area (Å²) in [5, 5.41) is 35.9. The lowest BCUT2D eigenvalue weighted by Gasteiger charge is -2.27. The number of aliphatic hydroxyl groups is 2. The van der Waals surface area contributed by atoms with Crippen molar-refractivity contribution in [3.8, 4) is 0 Å². The summed E-state index contributed by atoms with van der Waals surface area (Å²) >= 11 is 0. The molecule has 0 aromatic heterocycles. The summed E-state index contributed by atoms with van der Waals surface area (Å²) in [6.45, 7) is 8.92. The standard InChI is InChI=1S/C16H24F2N2.C4H6O6/c1-12(2)9-20(10-13-5-6-19-8-13)11-14-3-4-15(17)7-16(14)18;5-1(3(7)8)2(6)4(9)10/h3-4,7,12-13,19H,5-6,8-11H2,1-2H3;1-2,5-6H,(H,7,8)(H,9,10)/t13-;1-,2-/m01/s1. The van der Waals surface area contributed by atoms with Crippen molar-refractivity contribution in [2.24, 2.45) is 11.8 Å². The van der Waals surface area contributed by atoms with Gasteiger partial charge in [0.25, 0.3) is 0 Å². The fourth-order valence-electron chi connectivity index (χ4n) is 3.12. The van der Waals surface area contributed by atoms with Gasteiger partial charge in [0.05, 0.1) is 0 Å². The van der Waals surface area contributed by atoms with Crippen LogP contribution in [0, 0.1) is 23.5 Å². The van der Waals surface area contributed by atoms with Crippen molar-refractivity contribution in [1.82, 2.24) is 10.2 Å². The zero-order chi connectivity index (χ0) is 22.8. The van der Waals surface area contributed by atoms with Gasteiger partial charge in [-0.25, -0.2) is 18.4 Å². The minimum absolute atomic E-state index is 0.441. The van der Waals surface area contributed by atoms with Gasteiger partial charge in [0.2, 0.25) is 0 Å². The highest BCUT2D eigenvalue weighted by Crippen LogP contribution is 2.17. The van der Waals surface area contributed by atoms with Crippen LogP contribution in [0.4, 0.5) is 8.78 Å². The molecule has 0 saturated carbocycles. The lowest BCUT2D eigenvalue weighted by Crippen LogP contribution is -2.39. The quantitative estimate of drug-likeness (QED) is 0.389. The number of aliphatic hydroxyl groups excluding tert-OH is 2. The maximum atomic E-state index is 13.8. The number of rotatable bonds is 9. The van der Waals surface area contributed by atoms with Gasteiger partial charge in [-0.2, -0.15) is 0 Å². The fraction of sp³-hybridized carbons (Fsp3) is 0.600. The maximum absolute atomic E-state index is 13.8. The molecule has 1 saturated heterocycles. The van der Waals surface area contributed by atoms with Crippen molar-refractivity contribution in [3.05, 3.63) is 35.4 Å². The van der Waals surface area contributed by atoms with Crippen LogP contribution in [-0.4, -0.2) is 75.7 Å². The summed E-state index contributed by atoms with van der Waals surface area (Å²) in [5.74, 6) is -3.32. The molecular formula is C20H30F2N2O6. The highest BCUT2D eigenvalue weighted by molar-refractivity contribution is 5.83. The molecule has 1 aromatic rings. The molecule has 2 rings (SSSR count). The van der Waals surface area contributed by atoms with E-state index in [1.165, 1.54) is 12.5 Å². The van der Waals surface area contributed by atoms with Crippen LogP contribution in [0.15, 0.2) is 18.2 Å². The van der Waals surface area contributed by atoms with Gasteiger partial charge in [-0.05, 0) is 37.4 Å². The Morgan fingerprint density at radius 1 is 1.17 bits per heavy atom. The molecular weight excluding hydrogens is 402 g/mol.